The molecule has 1 N–H and O–H groups in total. The largest absolute Gasteiger partial charge is 0.493 e. The fraction of sp³-hybridized carbons (Fsp3) is 0.167. The highest BCUT2D eigenvalue weighted by Gasteiger charge is 2.20. The van der Waals surface area contributed by atoms with Crippen molar-refractivity contribution in [2.45, 2.75) is 0 Å². The van der Waals surface area contributed by atoms with Crippen LogP contribution in [0.25, 0.3) is 22.6 Å². The van der Waals surface area contributed by atoms with E-state index in [9.17, 15) is 14.9 Å². The van der Waals surface area contributed by atoms with Gasteiger partial charge in [0.2, 0.25) is 11.6 Å². The van der Waals surface area contributed by atoms with Crippen LogP contribution in [-0.2, 0) is 0 Å². The van der Waals surface area contributed by atoms with Crippen molar-refractivity contribution < 1.29 is 33.1 Å². The van der Waals surface area contributed by atoms with Crippen LogP contribution in [0.5, 0.6) is 23.0 Å². The van der Waals surface area contributed by atoms with E-state index in [4.69, 9.17) is 23.4 Å². The molecular weight excluding hydrogens is 458 g/mol. The molecule has 0 aliphatic carbocycles. The second-order valence-electron chi connectivity index (χ2n) is 7.21. The summed E-state index contributed by atoms with van der Waals surface area (Å²) < 4.78 is 27.0. The summed E-state index contributed by atoms with van der Waals surface area (Å²) in [6.07, 6.45) is 0. The average molecular weight is 479 g/mol. The number of methoxy groups -OCH3 is 4. The Balaban J connectivity index is 1.63. The van der Waals surface area contributed by atoms with Gasteiger partial charge in [-0.2, -0.15) is 0 Å². The lowest BCUT2D eigenvalue weighted by atomic mass is 10.1. The molecule has 1 amide bonds. The summed E-state index contributed by atoms with van der Waals surface area (Å²) in [6.45, 7) is 0. The molecule has 0 aliphatic heterocycles. The second kappa shape index (κ2) is 9.59. The van der Waals surface area contributed by atoms with Crippen molar-refractivity contribution in [2.24, 2.45) is 0 Å². The van der Waals surface area contributed by atoms with Gasteiger partial charge in [0.15, 0.2) is 22.8 Å². The van der Waals surface area contributed by atoms with Crippen molar-refractivity contribution in [1.29, 1.82) is 0 Å². The van der Waals surface area contributed by atoms with Crippen LogP contribution in [-0.4, -0.2) is 44.3 Å². The maximum Gasteiger partial charge on any atom is 0.311 e. The van der Waals surface area contributed by atoms with Crippen LogP contribution >= 0.6 is 0 Å². The highest BCUT2D eigenvalue weighted by Crippen LogP contribution is 2.41. The Morgan fingerprint density at radius 3 is 2.20 bits per heavy atom. The van der Waals surface area contributed by atoms with Crippen LogP contribution in [0.15, 0.2) is 52.9 Å². The third-order valence-corrected chi connectivity index (χ3v) is 5.19. The molecule has 4 aromatic rings. The number of hydrogen-bond donors (Lipinski definition) is 1. The van der Waals surface area contributed by atoms with E-state index in [1.807, 2.05) is 0 Å². The minimum atomic E-state index is -0.609. The van der Waals surface area contributed by atoms with Crippen molar-refractivity contribution in [3.63, 3.8) is 0 Å². The number of nitrogens with zero attached hydrogens (tertiary/aromatic N) is 2. The molecule has 0 fully saturated rings. The van der Waals surface area contributed by atoms with Crippen LogP contribution in [0.2, 0.25) is 0 Å². The smallest absolute Gasteiger partial charge is 0.311 e. The summed E-state index contributed by atoms with van der Waals surface area (Å²) in [5.74, 6) is 1.20. The van der Waals surface area contributed by atoms with Crippen molar-refractivity contribution in [3.8, 4) is 34.5 Å². The van der Waals surface area contributed by atoms with Crippen molar-refractivity contribution >= 4 is 28.4 Å². The highest BCUT2D eigenvalue weighted by molar-refractivity contribution is 6.05. The SMILES string of the molecule is COc1ccc(C(=O)Nc2ccc3oc(-c4cc(OC)c(OC)c(OC)c4)nc3c2)cc1[N+](=O)[O-]. The third kappa shape index (κ3) is 4.51. The van der Waals surface area contributed by atoms with E-state index in [2.05, 4.69) is 10.3 Å². The first kappa shape index (κ1) is 23.4. The van der Waals surface area contributed by atoms with Gasteiger partial charge in [-0.05, 0) is 42.5 Å². The van der Waals surface area contributed by atoms with E-state index in [1.165, 1.54) is 40.6 Å². The van der Waals surface area contributed by atoms with Gasteiger partial charge >= 0.3 is 5.69 Å². The predicted octanol–water partition coefficient (Wildman–Crippen LogP) is 4.69. The maximum absolute atomic E-state index is 12.7. The lowest BCUT2D eigenvalue weighted by Gasteiger charge is -2.12. The molecule has 0 saturated heterocycles. The number of nitrogens with one attached hydrogen (secondary N) is 1. The quantitative estimate of drug-likeness (QED) is 0.282. The number of rotatable bonds is 8. The molecule has 11 nitrogen and oxygen atoms in total. The molecule has 35 heavy (non-hydrogen) atoms. The summed E-state index contributed by atoms with van der Waals surface area (Å²) in [4.78, 5) is 27.8. The van der Waals surface area contributed by atoms with Crippen LogP contribution in [0, 0.1) is 10.1 Å². The maximum atomic E-state index is 12.7. The van der Waals surface area contributed by atoms with E-state index in [-0.39, 0.29) is 17.0 Å². The van der Waals surface area contributed by atoms with Crippen LogP contribution in [0.1, 0.15) is 10.4 Å². The molecule has 0 saturated carbocycles. The Hall–Kier alpha value is -4.80. The van der Waals surface area contributed by atoms with Gasteiger partial charge in [-0.3, -0.25) is 14.9 Å². The van der Waals surface area contributed by atoms with Crippen LogP contribution in [0.3, 0.4) is 0 Å². The molecule has 0 aliphatic rings. The Labute approximate surface area is 199 Å². The van der Waals surface area contributed by atoms with E-state index < -0.39 is 10.8 Å². The second-order valence-corrected chi connectivity index (χ2v) is 7.21. The van der Waals surface area contributed by atoms with E-state index in [0.717, 1.165) is 6.07 Å². The summed E-state index contributed by atoms with van der Waals surface area (Å²) in [5.41, 5.74) is 1.83. The molecule has 0 bridgehead atoms. The zero-order valence-corrected chi connectivity index (χ0v) is 19.3. The number of anilines is 1. The first-order valence-electron chi connectivity index (χ1n) is 10.2. The normalized spacial score (nSPS) is 10.6. The number of fused-ring (bicyclic) bond motifs is 1. The first-order valence-corrected chi connectivity index (χ1v) is 10.2. The predicted molar refractivity (Wildman–Crippen MR) is 127 cm³/mol. The molecule has 0 unspecified atom stereocenters. The fourth-order valence-corrected chi connectivity index (χ4v) is 3.51. The van der Waals surface area contributed by atoms with Gasteiger partial charge in [-0.15, -0.1) is 0 Å². The van der Waals surface area contributed by atoms with Crippen molar-refractivity contribution in [1.82, 2.24) is 4.98 Å². The number of amides is 1. The van der Waals surface area contributed by atoms with Gasteiger partial charge in [0.05, 0.1) is 33.4 Å². The number of nitro benzene ring substituents is 1. The molecule has 11 heteroatoms. The monoisotopic (exact) mass is 479 g/mol. The average Bonchev–Trinajstić information content (AvgIpc) is 3.30. The summed E-state index contributed by atoms with van der Waals surface area (Å²) in [7, 11) is 5.86. The number of carbonyl (C=O) groups is 1. The first-order chi connectivity index (χ1) is 16.9. The number of carbonyl (C=O) groups excluding carboxylic acids is 1. The minimum Gasteiger partial charge on any atom is -0.493 e. The van der Waals surface area contributed by atoms with Gasteiger partial charge < -0.3 is 28.7 Å². The Bertz CT molecular complexity index is 1400. The Kier molecular flexibility index (Phi) is 6.40. The molecule has 0 radical (unpaired) electrons. The molecule has 0 spiro atoms. The lowest BCUT2D eigenvalue weighted by molar-refractivity contribution is -0.385. The molecule has 0 atom stereocenters. The molecule has 1 aromatic heterocycles. The number of nitro groups is 1. The topological polar surface area (TPSA) is 135 Å². The molecule has 3 aromatic carbocycles. The van der Waals surface area contributed by atoms with Crippen molar-refractivity contribution in [3.05, 3.63) is 64.2 Å². The fourth-order valence-electron chi connectivity index (χ4n) is 3.51. The Morgan fingerprint density at radius 1 is 0.914 bits per heavy atom. The van der Waals surface area contributed by atoms with Gasteiger partial charge in [0, 0.05) is 22.9 Å². The lowest BCUT2D eigenvalue weighted by Crippen LogP contribution is -2.12. The van der Waals surface area contributed by atoms with Crippen LogP contribution in [0.4, 0.5) is 11.4 Å². The molecule has 4 rings (SSSR count). The van der Waals surface area contributed by atoms with Gasteiger partial charge in [-0.25, -0.2) is 4.98 Å². The van der Waals surface area contributed by atoms with Gasteiger partial charge in [0.25, 0.3) is 5.91 Å². The zero-order chi connectivity index (χ0) is 25.1. The van der Waals surface area contributed by atoms with Crippen molar-refractivity contribution in [2.75, 3.05) is 33.8 Å². The molecule has 180 valence electrons. The Morgan fingerprint density at radius 2 is 1.60 bits per heavy atom. The third-order valence-electron chi connectivity index (χ3n) is 5.19. The van der Waals surface area contributed by atoms with E-state index in [0.29, 0.717) is 45.5 Å². The number of ether oxygens (including phenoxy) is 4. The molecule has 1 heterocycles. The molecular formula is C24H21N3O8. The summed E-state index contributed by atoms with van der Waals surface area (Å²) >= 11 is 0. The van der Waals surface area contributed by atoms with Crippen LogP contribution < -0.4 is 24.3 Å². The highest BCUT2D eigenvalue weighted by atomic mass is 16.6. The standard InChI is InChI=1S/C24H21N3O8/c1-31-19-7-5-13(9-17(19)27(29)30)23(28)25-15-6-8-18-16(12-15)26-24(35-18)14-10-20(32-2)22(34-4)21(11-14)33-3/h5-12H,1-4H3,(H,25,28). The number of benzene rings is 3. The summed E-state index contributed by atoms with van der Waals surface area (Å²) in [6, 6.07) is 12.3. The number of aromatic nitrogens is 1. The van der Waals surface area contributed by atoms with E-state index in [1.54, 1.807) is 30.3 Å². The number of oxazole rings is 1. The zero-order valence-electron chi connectivity index (χ0n) is 19.3. The minimum absolute atomic E-state index is 0.0647. The summed E-state index contributed by atoms with van der Waals surface area (Å²) in [5, 5.41) is 14.0. The van der Waals surface area contributed by atoms with Gasteiger partial charge in [0.1, 0.15) is 5.52 Å². The van der Waals surface area contributed by atoms with Gasteiger partial charge in [-0.1, -0.05) is 0 Å². The number of hydrogen-bond acceptors (Lipinski definition) is 9. The van der Waals surface area contributed by atoms with E-state index >= 15 is 0 Å².